The molecule has 0 atom stereocenters. The van der Waals surface area contributed by atoms with Crippen molar-refractivity contribution in [2.75, 3.05) is 5.32 Å². The molecule has 3 nitrogen and oxygen atoms in total. The molecule has 2 heterocycles. The molecule has 0 saturated heterocycles. The van der Waals surface area contributed by atoms with Crippen LogP contribution in [0.4, 0.5) is 10.8 Å². The smallest absolute Gasteiger partial charge is 0.188 e. The standard InChI is InChI=1S/C16H10ClN3S/c17-12-4-1-5-14-15(12)21-16(20-14)19-11-6-7-13-10(9-11)3-2-8-18-13/h1-9H,(H,19,20). The van der Waals surface area contributed by atoms with E-state index in [0.29, 0.717) is 0 Å². The number of aromatic nitrogens is 2. The second-order valence-corrected chi connectivity index (χ2v) is 6.05. The molecule has 0 saturated carbocycles. The van der Waals surface area contributed by atoms with Crippen LogP contribution in [0.5, 0.6) is 0 Å². The largest absolute Gasteiger partial charge is 0.331 e. The van der Waals surface area contributed by atoms with Gasteiger partial charge in [0.25, 0.3) is 0 Å². The molecule has 0 aliphatic heterocycles. The minimum absolute atomic E-state index is 0.737. The van der Waals surface area contributed by atoms with Crippen LogP contribution >= 0.6 is 22.9 Å². The Hall–Kier alpha value is -2.17. The number of rotatable bonds is 2. The fourth-order valence-corrected chi connectivity index (χ4v) is 3.42. The van der Waals surface area contributed by atoms with Crippen LogP contribution in [0.3, 0.4) is 0 Å². The Morgan fingerprint density at radius 3 is 2.86 bits per heavy atom. The lowest BCUT2D eigenvalue weighted by Crippen LogP contribution is -1.89. The molecular formula is C16H10ClN3S. The van der Waals surface area contributed by atoms with E-state index in [9.17, 15) is 0 Å². The van der Waals surface area contributed by atoms with Crippen LogP contribution in [0.1, 0.15) is 0 Å². The van der Waals surface area contributed by atoms with Gasteiger partial charge in [0.05, 0.1) is 20.8 Å². The zero-order valence-corrected chi connectivity index (χ0v) is 12.4. The van der Waals surface area contributed by atoms with Crippen LogP contribution in [0.25, 0.3) is 21.1 Å². The summed E-state index contributed by atoms with van der Waals surface area (Å²) in [6, 6.07) is 15.8. The van der Waals surface area contributed by atoms with E-state index >= 15 is 0 Å². The highest BCUT2D eigenvalue weighted by Gasteiger charge is 2.07. The molecular weight excluding hydrogens is 302 g/mol. The van der Waals surface area contributed by atoms with E-state index < -0.39 is 0 Å². The van der Waals surface area contributed by atoms with E-state index in [-0.39, 0.29) is 0 Å². The van der Waals surface area contributed by atoms with Gasteiger partial charge in [-0.15, -0.1) is 0 Å². The highest BCUT2D eigenvalue weighted by atomic mass is 35.5. The van der Waals surface area contributed by atoms with Crippen molar-refractivity contribution in [2.45, 2.75) is 0 Å². The molecule has 102 valence electrons. The highest BCUT2D eigenvalue weighted by Crippen LogP contribution is 2.33. The molecule has 0 aliphatic rings. The van der Waals surface area contributed by atoms with E-state index in [1.165, 1.54) is 0 Å². The van der Waals surface area contributed by atoms with Crippen LogP contribution in [0.15, 0.2) is 54.7 Å². The van der Waals surface area contributed by atoms with E-state index in [2.05, 4.69) is 21.4 Å². The molecule has 0 amide bonds. The number of pyridine rings is 1. The number of hydrogen-bond acceptors (Lipinski definition) is 4. The van der Waals surface area contributed by atoms with E-state index in [4.69, 9.17) is 11.6 Å². The van der Waals surface area contributed by atoms with Crippen molar-refractivity contribution in [3.8, 4) is 0 Å². The van der Waals surface area contributed by atoms with E-state index in [1.807, 2.05) is 42.5 Å². The Morgan fingerprint density at radius 1 is 1.00 bits per heavy atom. The monoisotopic (exact) mass is 311 g/mol. The molecule has 2 aromatic heterocycles. The van der Waals surface area contributed by atoms with Gasteiger partial charge in [0.15, 0.2) is 5.13 Å². The predicted molar refractivity (Wildman–Crippen MR) is 89.7 cm³/mol. The van der Waals surface area contributed by atoms with Crippen LogP contribution in [-0.2, 0) is 0 Å². The molecule has 0 radical (unpaired) electrons. The van der Waals surface area contributed by atoms with Gasteiger partial charge in [0.1, 0.15) is 0 Å². The summed E-state index contributed by atoms with van der Waals surface area (Å²) in [6.07, 6.45) is 1.80. The quantitative estimate of drug-likeness (QED) is 0.550. The van der Waals surface area contributed by atoms with Crippen molar-refractivity contribution >= 4 is 54.9 Å². The second-order valence-electron chi connectivity index (χ2n) is 4.64. The molecule has 0 bridgehead atoms. The summed E-state index contributed by atoms with van der Waals surface area (Å²) in [7, 11) is 0. The van der Waals surface area contributed by atoms with Gasteiger partial charge in [-0.1, -0.05) is 35.1 Å². The lowest BCUT2D eigenvalue weighted by atomic mass is 10.2. The summed E-state index contributed by atoms with van der Waals surface area (Å²) in [5.41, 5.74) is 2.89. The average molecular weight is 312 g/mol. The molecule has 5 heteroatoms. The number of fused-ring (bicyclic) bond motifs is 2. The first-order valence-corrected chi connectivity index (χ1v) is 7.66. The maximum Gasteiger partial charge on any atom is 0.188 e. The summed E-state index contributed by atoms with van der Waals surface area (Å²) in [4.78, 5) is 8.87. The zero-order valence-electron chi connectivity index (χ0n) is 10.9. The number of thiazole rings is 1. The lowest BCUT2D eigenvalue weighted by molar-refractivity contribution is 1.40. The van der Waals surface area contributed by atoms with Gasteiger partial charge >= 0.3 is 0 Å². The summed E-state index contributed by atoms with van der Waals surface area (Å²) in [5.74, 6) is 0. The molecule has 0 fully saturated rings. The van der Waals surface area contributed by atoms with Crippen LogP contribution in [-0.4, -0.2) is 9.97 Å². The normalized spacial score (nSPS) is 11.1. The minimum Gasteiger partial charge on any atom is -0.331 e. The fourth-order valence-electron chi connectivity index (χ4n) is 2.25. The second kappa shape index (κ2) is 4.98. The third kappa shape index (κ3) is 2.33. The first kappa shape index (κ1) is 12.6. The van der Waals surface area contributed by atoms with Gasteiger partial charge in [-0.05, 0) is 36.4 Å². The van der Waals surface area contributed by atoms with E-state index in [1.54, 1.807) is 17.5 Å². The van der Waals surface area contributed by atoms with Crippen molar-refractivity contribution in [3.63, 3.8) is 0 Å². The molecule has 2 aromatic carbocycles. The molecule has 4 aromatic rings. The minimum atomic E-state index is 0.737. The third-order valence-corrected chi connectivity index (χ3v) is 4.67. The van der Waals surface area contributed by atoms with Gasteiger partial charge in [0, 0.05) is 17.3 Å². The summed E-state index contributed by atoms with van der Waals surface area (Å²) < 4.78 is 1.00. The number of nitrogens with one attached hydrogen (secondary N) is 1. The number of anilines is 2. The Kier molecular flexibility index (Phi) is 2.98. The van der Waals surface area contributed by atoms with Crippen molar-refractivity contribution in [3.05, 3.63) is 59.8 Å². The Balaban J connectivity index is 1.73. The summed E-state index contributed by atoms with van der Waals surface area (Å²) in [5, 5.41) is 6.00. The molecule has 0 unspecified atom stereocenters. The van der Waals surface area contributed by atoms with Gasteiger partial charge < -0.3 is 5.32 Å². The van der Waals surface area contributed by atoms with Crippen molar-refractivity contribution < 1.29 is 0 Å². The Labute approximate surface area is 130 Å². The Bertz CT molecular complexity index is 948. The number of nitrogens with zero attached hydrogens (tertiary/aromatic N) is 2. The van der Waals surface area contributed by atoms with Crippen molar-refractivity contribution in [1.29, 1.82) is 0 Å². The van der Waals surface area contributed by atoms with Crippen LogP contribution in [0, 0.1) is 0 Å². The number of benzene rings is 2. The SMILES string of the molecule is Clc1cccc2nc(Nc3ccc4ncccc4c3)sc12. The first-order chi connectivity index (χ1) is 10.3. The average Bonchev–Trinajstić information content (AvgIpc) is 2.91. The van der Waals surface area contributed by atoms with Gasteiger partial charge in [-0.3, -0.25) is 4.98 Å². The number of halogens is 1. The fraction of sp³-hybridized carbons (Fsp3) is 0. The Morgan fingerprint density at radius 2 is 1.95 bits per heavy atom. The van der Waals surface area contributed by atoms with Gasteiger partial charge in [0.2, 0.25) is 0 Å². The van der Waals surface area contributed by atoms with Crippen molar-refractivity contribution in [2.24, 2.45) is 0 Å². The summed E-state index contributed by atoms with van der Waals surface area (Å²) >= 11 is 7.74. The summed E-state index contributed by atoms with van der Waals surface area (Å²) in [6.45, 7) is 0. The zero-order chi connectivity index (χ0) is 14.2. The predicted octanol–water partition coefficient (Wildman–Crippen LogP) is 5.24. The van der Waals surface area contributed by atoms with E-state index in [0.717, 1.165) is 37.0 Å². The third-order valence-electron chi connectivity index (χ3n) is 3.22. The molecule has 4 rings (SSSR count). The van der Waals surface area contributed by atoms with Crippen LogP contribution < -0.4 is 5.32 Å². The number of hydrogen-bond donors (Lipinski definition) is 1. The lowest BCUT2D eigenvalue weighted by Gasteiger charge is -2.03. The van der Waals surface area contributed by atoms with Gasteiger partial charge in [-0.25, -0.2) is 4.98 Å². The van der Waals surface area contributed by atoms with Gasteiger partial charge in [-0.2, -0.15) is 0 Å². The topological polar surface area (TPSA) is 37.8 Å². The van der Waals surface area contributed by atoms with Crippen LogP contribution in [0.2, 0.25) is 5.02 Å². The maximum absolute atomic E-state index is 6.19. The molecule has 1 N–H and O–H groups in total. The molecule has 0 aliphatic carbocycles. The van der Waals surface area contributed by atoms with Crippen molar-refractivity contribution in [1.82, 2.24) is 9.97 Å². The first-order valence-electron chi connectivity index (χ1n) is 6.46. The molecule has 21 heavy (non-hydrogen) atoms. The highest BCUT2D eigenvalue weighted by molar-refractivity contribution is 7.22. The molecule has 0 spiro atoms. The maximum atomic E-state index is 6.19.